The number of nitrogens with one attached hydrogen (secondary N) is 2. The van der Waals surface area contributed by atoms with Gasteiger partial charge in [-0.15, -0.1) is 0 Å². The number of methoxy groups -OCH3 is 1. The zero-order chi connectivity index (χ0) is 19.3. The predicted octanol–water partition coefficient (Wildman–Crippen LogP) is 2.00. The molecule has 0 bridgehead atoms. The van der Waals surface area contributed by atoms with Crippen LogP contribution in [-0.4, -0.2) is 38.8 Å². The average molecular weight is 392 g/mol. The molecule has 0 aliphatic heterocycles. The number of ether oxygens (including phenoxy) is 1. The summed E-state index contributed by atoms with van der Waals surface area (Å²) in [4.78, 5) is 23.9. The Balaban J connectivity index is 2.03. The van der Waals surface area contributed by atoms with Crippen LogP contribution < -0.4 is 10.6 Å². The molecule has 2 aromatic rings. The summed E-state index contributed by atoms with van der Waals surface area (Å²) in [5.74, 6) is -1.05. The fourth-order valence-corrected chi connectivity index (χ4v) is 2.87. The predicted molar refractivity (Wildman–Crippen MR) is 101 cm³/mol. The molecule has 0 aliphatic carbocycles. The van der Waals surface area contributed by atoms with Gasteiger partial charge in [-0.2, -0.15) is 0 Å². The first kappa shape index (κ1) is 19.5. The number of hydrogen-bond acceptors (Lipinski definition) is 6. The lowest BCUT2D eigenvalue weighted by Crippen LogP contribution is -2.34. The van der Waals surface area contributed by atoms with Crippen LogP contribution in [0.3, 0.4) is 0 Å². The summed E-state index contributed by atoms with van der Waals surface area (Å²) < 4.78 is 27.5. The SMILES string of the molecule is COC(=O)c1cccc(C(=O)NC(=S)Nc2ccc(S(C)(=O)=O)cc2)c1. The van der Waals surface area contributed by atoms with Crippen molar-refractivity contribution in [1.29, 1.82) is 0 Å². The number of esters is 1. The van der Waals surface area contributed by atoms with E-state index < -0.39 is 21.7 Å². The second-order valence-corrected chi connectivity index (χ2v) is 7.70. The molecule has 0 atom stereocenters. The highest BCUT2D eigenvalue weighted by molar-refractivity contribution is 7.90. The molecule has 0 saturated heterocycles. The molecule has 2 aromatic carbocycles. The van der Waals surface area contributed by atoms with E-state index in [1.807, 2.05) is 0 Å². The highest BCUT2D eigenvalue weighted by Gasteiger charge is 2.12. The van der Waals surface area contributed by atoms with Gasteiger partial charge in [0.25, 0.3) is 5.91 Å². The van der Waals surface area contributed by atoms with Crippen molar-refractivity contribution < 1.29 is 22.7 Å². The molecule has 0 aromatic heterocycles. The maximum Gasteiger partial charge on any atom is 0.337 e. The fourth-order valence-electron chi connectivity index (χ4n) is 2.03. The van der Waals surface area contributed by atoms with E-state index in [4.69, 9.17) is 12.2 Å². The van der Waals surface area contributed by atoms with Crippen LogP contribution in [0, 0.1) is 0 Å². The van der Waals surface area contributed by atoms with Crippen LogP contribution in [0.1, 0.15) is 20.7 Å². The van der Waals surface area contributed by atoms with Crippen LogP contribution in [0.4, 0.5) is 5.69 Å². The first-order valence-electron chi connectivity index (χ1n) is 7.31. The van der Waals surface area contributed by atoms with Crippen molar-refractivity contribution in [3.05, 3.63) is 59.7 Å². The lowest BCUT2D eigenvalue weighted by Gasteiger charge is -2.10. The van der Waals surface area contributed by atoms with E-state index in [-0.39, 0.29) is 21.1 Å². The van der Waals surface area contributed by atoms with E-state index in [1.54, 1.807) is 6.07 Å². The van der Waals surface area contributed by atoms with Crippen molar-refractivity contribution >= 4 is 44.7 Å². The van der Waals surface area contributed by atoms with Crippen molar-refractivity contribution in [3.63, 3.8) is 0 Å². The third-order valence-electron chi connectivity index (χ3n) is 3.31. The minimum Gasteiger partial charge on any atom is -0.465 e. The summed E-state index contributed by atoms with van der Waals surface area (Å²) in [6, 6.07) is 11.9. The number of rotatable bonds is 4. The van der Waals surface area contributed by atoms with Crippen LogP contribution in [0.5, 0.6) is 0 Å². The molecule has 2 rings (SSSR count). The molecule has 0 saturated carbocycles. The van der Waals surface area contributed by atoms with Crippen LogP contribution >= 0.6 is 12.2 Å². The molecule has 0 radical (unpaired) electrons. The number of benzene rings is 2. The Morgan fingerprint density at radius 3 is 2.23 bits per heavy atom. The standard InChI is InChI=1S/C17H16N2O5S2/c1-24-16(21)12-5-3-4-11(10-12)15(20)19-17(25)18-13-6-8-14(9-7-13)26(2,22)23/h3-10H,1-2H3,(H2,18,19,20,25). The van der Waals surface area contributed by atoms with Crippen molar-refractivity contribution in [2.24, 2.45) is 0 Å². The topological polar surface area (TPSA) is 102 Å². The molecule has 2 N–H and O–H groups in total. The lowest BCUT2D eigenvalue weighted by molar-refractivity contribution is 0.0600. The van der Waals surface area contributed by atoms with Gasteiger partial charge in [-0.1, -0.05) is 6.07 Å². The molecule has 1 amide bonds. The zero-order valence-corrected chi connectivity index (χ0v) is 15.6. The number of anilines is 1. The van der Waals surface area contributed by atoms with Gasteiger partial charge in [0, 0.05) is 17.5 Å². The minimum absolute atomic E-state index is 0.0329. The Bertz CT molecular complexity index is 953. The van der Waals surface area contributed by atoms with E-state index in [2.05, 4.69) is 15.4 Å². The maximum absolute atomic E-state index is 12.2. The summed E-state index contributed by atoms with van der Waals surface area (Å²) >= 11 is 5.07. The van der Waals surface area contributed by atoms with E-state index in [9.17, 15) is 18.0 Å². The third kappa shape index (κ3) is 5.11. The van der Waals surface area contributed by atoms with Gasteiger partial charge >= 0.3 is 5.97 Å². The minimum atomic E-state index is -3.28. The molecule has 26 heavy (non-hydrogen) atoms. The van der Waals surface area contributed by atoms with Crippen LogP contribution in [0.2, 0.25) is 0 Å². The Morgan fingerprint density at radius 2 is 1.65 bits per heavy atom. The Morgan fingerprint density at radius 1 is 1.04 bits per heavy atom. The maximum atomic E-state index is 12.2. The van der Waals surface area contributed by atoms with Gasteiger partial charge in [0.2, 0.25) is 0 Å². The third-order valence-corrected chi connectivity index (χ3v) is 4.65. The van der Waals surface area contributed by atoms with E-state index in [1.165, 1.54) is 49.6 Å². The van der Waals surface area contributed by atoms with Gasteiger partial charge in [0.15, 0.2) is 14.9 Å². The second kappa shape index (κ2) is 8.07. The Labute approximate surface area is 156 Å². The smallest absolute Gasteiger partial charge is 0.337 e. The van der Waals surface area contributed by atoms with Gasteiger partial charge in [-0.05, 0) is 54.7 Å². The van der Waals surface area contributed by atoms with Crippen LogP contribution in [-0.2, 0) is 14.6 Å². The summed E-state index contributed by atoms with van der Waals surface area (Å²) in [7, 11) is -2.03. The highest BCUT2D eigenvalue weighted by Crippen LogP contribution is 2.14. The zero-order valence-electron chi connectivity index (χ0n) is 14.0. The van der Waals surface area contributed by atoms with Gasteiger partial charge in [0.05, 0.1) is 17.6 Å². The second-order valence-electron chi connectivity index (χ2n) is 5.28. The summed E-state index contributed by atoms with van der Waals surface area (Å²) in [5, 5.41) is 5.30. The molecule has 136 valence electrons. The van der Waals surface area contributed by atoms with Crippen molar-refractivity contribution in [3.8, 4) is 0 Å². The van der Waals surface area contributed by atoms with Crippen molar-refractivity contribution in [2.45, 2.75) is 4.90 Å². The molecule has 0 unspecified atom stereocenters. The van der Waals surface area contributed by atoms with Crippen LogP contribution in [0.15, 0.2) is 53.4 Å². The number of hydrogen-bond donors (Lipinski definition) is 2. The molecule has 7 nitrogen and oxygen atoms in total. The fraction of sp³-hybridized carbons (Fsp3) is 0.118. The molecule has 0 spiro atoms. The quantitative estimate of drug-likeness (QED) is 0.606. The monoisotopic (exact) mass is 392 g/mol. The molecule has 0 fully saturated rings. The largest absolute Gasteiger partial charge is 0.465 e. The number of carbonyl (C=O) groups is 2. The molecular weight excluding hydrogens is 376 g/mol. The van der Waals surface area contributed by atoms with E-state index in [0.29, 0.717) is 5.69 Å². The van der Waals surface area contributed by atoms with Crippen molar-refractivity contribution in [2.75, 3.05) is 18.7 Å². The number of carbonyl (C=O) groups excluding carboxylic acids is 2. The van der Waals surface area contributed by atoms with E-state index >= 15 is 0 Å². The number of sulfone groups is 1. The average Bonchev–Trinajstić information content (AvgIpc) is 2.60. The number of amides is 1. The summed E-state index contributed by atoms with van der Waals surface area (Å²) in [6.45, 7) is 0. The molecule has 0 heterocycles. The molecular formula is C17H16N2O5S2. The molecule has 0 aliphatic rings. The Hall–Kier alpha value is -2.78. The lowest BCUT2D eigenvalue weighted by atomic mass is 10.1. The first-order chi connectivity index (χ1) is 12.2. The van der Waals surface area contributed by atoms with Crippen LogP contribution in [0.25, 0.3) is 0 Å². The normalized spacial score (nSPS) is 10.7. The summed E-state index contributed by atoms with van der Waals surface area (Å²) in [6.07, 6.45) is 1.11. The summed E-state index contributed by atoms with van der Waals surface area (Å²) in [5.41, 5.74) is 1.01. The van der Waals surface area contributed by atoms with Crippen molar-refractivity contribution in [1.82, 2.24) is 5.32 Å². The van der Waals surface area contributed by atoms with Gasteiger partial charge in [0.1, 0.15) is 0 Å². The van der Waals surface area contributed by atoms with Gasteiger partial charge in [-0.25, -0.2) is 13.2 Å². The first-order valence-corrected chi connectivity index (χ1v) is 9.61. The number of thiocarbonyl (C=S) groups is 1. The highest BCUT2D eigenvalue weighted by atomic mass is 32.2. The van der Waals surface area contributed by atoms with Gasteiger partial charge in [-0.3, -0.25) is 10.1 Å². The molecule has 9 heteroatoms. The Kier molecular flexibility index (Phi) is 6.06. The van der Waals surface area contributed by atoms with Gasteiger partial charge < -0.3 is 10.1 Å². The van der Waals surface area contributed by atoms with E-state index in [0.717, 1.165) is 6.26 Å².